The summed E-state index contributed by atoms with van der Waals surface area (Å²) >= 11 is 6.36. The zero-order valence-electron chi connectivity index (χ0n) is 12.6. The predicted molar refractivity (Wildman–Crippen MR) is 84.8 cm³/mol. The number of nitrogens with zero attached hydrogens (tertiary/aromatic N) is 2. The molecule has 0 aliphatic rings. The molecule has 1 aromatic heterocycles. The van der Waals surface area contributed by atoms with E-state index in [1.165, 1.54) is 11.3 Å². The standard InChI is InChI=1S/C16H22ClN3/c1-5-15-11(3)19-20(12(15)4)14-7-6-13(8-10(2)18)16(17)9-14/h6-7,9-10H,5,8,18H2,1-4H3. The highest BCUT2D eigenvalue weighted by Crippen LogP contribution is 2.24. The van der Waals surface area contributed by atoms with Gasteiger partial charge in [-0.05, 0) is 56.9 Å². The third-order valence-corrected chi connectivity index (χ3v) is 3.97. The van der Waals surface area contributed by atoms with Crippen molar-refractivity contribution in [1.82, 2.24) is 9.78 Å². The number of nitrogens with two attached hydrogens (primary N) is 1. The van der Waals surface area contributed by atoms with Crippen molar-refractivity contribution in [3.8, 4) is 5.69 Å². The Kier molecular flexibility index (Phi) is 4.51. The Hall–Kier alpha value is -1.32. The second-order valence-electron chi connectivity index (χ2n) is 5.37. The summed E-state index contributed by atoms with van der Waals surface area (Å²) < 4.78 is 1.97. The van der Waals surface area contributed by atoms with Gasteiger partial charge in [0.05, 0.1) is 11.4 Å². The van der Waals surface area contributed by atoms with E-state index in [2.05, 4.69) is 31.9 Å². The zero-order chi connectivity index (χ0) is 14.9. The minimum Gasteiger partial charge on any atom is -0.328 e. The van der Waals surface area contributed by atoms with Gasteiger partial charge >= 0.3 is 0 Å². The average molecular weight is 292 g/mol. The second kappa shape index (κ2) is 5.98. The van der Waals surface area contributed by atoms with Crippen LogP contribution in [0, 0.1) is 13.8 Å². The molecule has 0 aliphatic heterocycles. The molecule has 2 aromatic rings. The molecule has 1 unspecified atom stereocenters. The lowest BCUT2D eigenvalue weighted by Gasteiger charge is -2.10. The fourth-order valence-corrected chi connectivity index (χ4v) is 2.87. The van der Waals surface area contributed by atoms with Gasteiger partial charge in [-0.15, -0.1) is 0 Å². The van der Waals surface area contributed by atoms with Crippen molar-refractivity contribution in [1.29, 1.82) is 0 Å². The first-order valence-corrected chi connectivity index (χ1v) is 7.41. The van der Waals surface area contributed by atoms with Crippen molar-refractivity contribution in [2.75, 3.05) is 0 Å². The van der Waals surface area contributed by atoms with Crippen molar-refractivity contribution < 1.29 is 0 Å². The lowest BCUT2D eigenvalue weighted by Crippen LogP contribution is -2.18. The normalized spacial score (nSPS) is 12.7. The number of halogens is 1. The molecule has 0 fully saturated rings. The van der Waals surface area contributed by atoms with Crippen LogP contribution in [0.2, 0.25) is 5.02 Å². The molecule has 108 valence electrons. The number of benzene rings is 1. The maximum atomic E-state index is 6.36. The van der Waals surface area contributed by atoms with Gasteiger partial charge in [0, 0.05) is 16.8 Å². The van der Waals surface area contributed by atoms with Crippen LogP contribution in [-0.4, -0.2) is 15.8 Å². The van der Waals surface area contributed by atoms with Crippen molar-refractivity contribution >= 4 is 11.6 Å². The van der Waals surface area contributed by atoms with Crippen LogP contribution in [0.25, 0.3) is 5.69 Å². The fourth-order valence-electron chi connectivity index (χ4n) is 2.62. The van der Waals surface area contributed by atoms with Crippen LogP contribution in [0.4, 0.5) is 0 Å². The van der Waals surface area contributed by atoms with Gasteiger partial charge < -0.3 is 5.73 Å². The molecule has 3 nitrogen and oxygen atoms in total. The predicted octanol–water partition coefficient (Wildman–Crippen LogP) is 3.59. The molecule has 0 saturated heterocycles. The molecule has 0 spiro atoms. The van der Waals surface area contributed by atoms with E-state index in [1.807, 2.05) is 23.7 Å². The van der Waals surface area contributed by atoms with E-state index in [0.29, 0.717) is 0 Å². The monoisotopic (exact) mass is 291 g/mol. The Bertz CT molecular complexity index is 614. The van der Waals surface area contributed by atoms with Gasteiger partial charge in [-0.1, -0.05) is 24.6 Å². The summed E-state index contributed by atoms with van der Waals surface area (Å²) in [6.07, 6.45) is 1.78. The molecule has 4 heteroatoms. The first-order chi connectivity index (χ1) is 9.43. The Labute approximate surface area is 125 Å². The molecule has 0 saturated carbocycles. The van der Waals surface area contributed by atoms with Gasteiger partial charge in [0.1, 0.15) is 0 Å². The van der Waals surface area contributed by atoms with Crippen LogP contribution in [-0.2, 0) is 12.8 Å². The largest absolute Gasteiger partial charge is 0.328 e. The lowest BCUT2D eigenvalue weighted by molar-refractivity contribution is 0.737. The Balaban J connectivity index is 2.42. The van der Waals surface area contributed by atoms with Gasteiger partial charge in [0.25, 0.3) is 0 Å². The van der Waals surface area contributed by atoms with E-state index < -0.39 is 0 Å². The maximum absolute atomic E-state index is 6.36. The summed E-state index contributed by atoms with van der Waals surface area (Å²) in [4.78, 5) is 0. The Morgan fingerprint density at radius 3 is 2.55 bits per heavy atom. The van der Waals surface area contributed by atoms with Gasteiger partial charge in [0.2, 0.25) is 0 Å². The van der Waals surface area contributed by atoms with Gasteiger partial charge in [-0.25, -0.2) is 4.68 Å². The summed E-state index contributed by atoms with van der Waals surface area (Å²) in [6.45, 7) is 8.29. The number of aryl methyl sites for hydroxylation is 1. The zero-order valence-corrected chi connectivity index (χ0v) is 13.3. The molecule has 2 N–H and O–H groups in total. The molecule has 0 bridgehead atoms. The van der Waals surface area contributed by atoms with E-state index in [9.17, 15) is 0 Å². The van der Waals surface area contributed by atoms with E-state index in [4.69, 9.17) is 17.3 Å². The number of aromatic nitrogens is 2. The summed E-state index contributed by atoms with van der Waals surface area (Å²) in [5.41, 5.74) is 11.5. The minimum absolute atomic E-state index is 0.110. The van der Waals surface area contributed by atoms with Crippen LogP contribution in [0.5, 0.6) is 0 Å². The van der Waals surface area contributed by atoms with Crippen molar-refractivity contribution in [3.05, 3.63) is 45.7 Å². The SMILES string of the molecule is CCc1c(C)nn(-c2ccc(CC(C)N)c(Cl)c2)c1C. The number of rotatable bonds is 4. The molecular weight excluding hydrogens is 270 g/mol. The molecule has 0 aliphatic carbocycles. The summed E-state index contributed by atoms with van der Waals surface area (Å²) in [5, 5.41) is 5.37. The first kappa shape index (κ1) is 15.1. The van der Waals surface area contributed by atoms with Gasteiger partial charge in [-0.3, -0.25) is 0 Å². The smallest absolute Gasteiger partial charge is 0.0663 e. The summed E-state index contributed by atoms with van der Waals surface area (Å²) in [6, 6.07) is 6.18. The highest BCUT2D eigenvalue weighted by molar-refractivity contribution is 6.31. The number of hydrogen-bond acceptors (Lipinski definition) is 2. The third-order valence-electron chi connectivity index (χ3n) is 3.62. The molecule has 2 rings (SSSR count). The molecule has 1 aromatic carbocycles. The van der Waals surface area contributed by atoms with Crippen LogP contribution in [0.1, 0.15) is 36.4 Å². The molecule has 1 heterocycles. The fraction of sp³-hybridized carbons (Fsp3) is 0.438. The van der Waals surface area contributed by atoms with E-state index in [1.54, 1.807) is 0 Å². The topological polar surface area (TPSA) is 43.8 Å². The van der Waals surface area contributed by atoms with E-state index in [-0.39, 0.29) is 6.04 Å². The second-order valence-corrected chi connectivity index (χ2v) is 5.78. The Morgan fingerprint density at radius 2 is 2.05 bits per heavy atom. The van der Waals surface area contributed by atoms with Crippen molar-refractivity contribution in [2.45, 2.75) is 46.6 Å². The van der Waals surface area contributed by atoms with Crippen LogP contribution in [0.3, 0.4) is 0 Å². The van der Waals surface area contributed by atoms with Crippen LogP contribution in [0.15, 0.2) is 18.2 Å². The molecule has 0 amide bonds. The highest BCUT2D eigenvalue weighted by Gasteiger charge is 2.12. The minimum atomic E-state index is 0.110. The van der Waals surface area contributed by atoms with E-state index >= 15 is 0 Å². The maximum Gasteiger partial charge on any atom is 0.0663 e. The quantitative estimate of drug-likeness (QED) is 0.935. The Morgan fingerprint density at radius 1 is 1.35 bits per heavy atom. The average Bonchev–Trinajstić information content (AvgIpc) is 2.66. The molecular formula is C16H22ClN3. The van der Waals surface area contributed by atoms with Crippen molar-refractivity contribution in [3.63, 3.8) is 0 Å². The summed E-state index contributed by atoms with van der Waals surface area (Å²) in [5.74, 6) is 0. The summed E-state index contributed by atoms with van der Waals surface area (Å²) in [7, 11) is 0. The van der Waals surface area contributed by atoms with Crippen molar-refractivity contribution in [2.24, 2.45) is 5.73 Å². The lowest BCUT2D eigenvalue weighted by atomic mass is 10.1. The molecule has 20 heavy (non-hydrogen) atoms. The van der Waals surface area contributed by atoms with Gasteiger partial charge in [0.15, 0.2) is 0 Å². The highest BCUT2D eigenvalue weighted by atomic mass is 35.5. The number of hydrogen-bond donors (Lipinski definition) is 1. The van der Waals surface area contributed by atoms with Crippen LogP contribution >= 0.6 is 11.6 Å². The van der Waals surface area contributed by atoms with E-state index in [0.717, 1.165) is 34.8 Å². The molecule has 1 atom stereocenters. The van der Waals surface area contributed by atoms with Crippen LogP contribution < -0.4 is 5.73 Å². The first-order valence-electron chi connectivity index (χ1n) is 7.03. The molecule has 0 radical (unpaired) electrons. The van der Waals surface area contributed by atoms with Gasteiger partial charge in [-0.2, -0.15) is 5.10 Å². The third kappa shape index (κ3) is 2.89.